The van der Waals surface area contributed by atoms with Crippen LogP contribution in [0.3, 0.4) is 0 Å². The molecule has 8 heteroatoms. The molecule has 6 nitrogen and oxygen atoms in total. The molecule has 1 atom stereocenters. The van der Waals surface area contributed by atoms with Crippen molar-refractivity contribution in [2.75, 3.05) is 6.61 Å². The minimum Gasteiger partial charge on any atom is -0.443 e. The topological polar surface area (TPSA) is 67.6 Å². The lowest BCUT2D eigenvalue weighted by atomic mass is 9.99. The summed E-state index contributed by atoms with van der Waals surface area (Å²) in [4.78, 5) is 13.5. The molecule has 1 aromatic rings. The number of hydrogen-bond donors (Lipinski definition) is 1. The number of fused-ring (bicyclic) bond motifs is 3. The van der Waals surface area contributed by atoms with Gasteiger partial charge >= 0.3 is 6.09 Å². The number of carbonyl (C=O) groups excluding carboxylic acids is 1. The number of aliphatic hydroxyl groups is 1. The second kappa shape index (κ2) is 6.09. The molecular formula is C17H23F2N3O3. The van der Waals surface area contributed by atoms with Crippen LogP contribution in [0.4, 0.5) is 13.6 Å². The predicted molar refractivity (Wildman–Crippen MR) is 86.7 cm³/mol. The van der Waals surface area contributed by atoms with Crippen LogP contribution < -0.4 is 0 Å². The summed E-state index contributed by atoms with van der Waals surface area (Å²) in [5.41, 5.74) is -0.0410. The highest BCUT2D eigenvalue weighted by molar-refractivity contribution is 5.72. The van der Waals surface area contributed by atoms with Crippen LogP contribution in [0.2, 0.25) is 0 Å². The number of alkyl halides is 2. The SMILES string of the molecule is CC(C)(C)OC(=O)N1C=Cc2nn3c(c2C1)C(F)(F)CCC(CO)C3. The molecule has 0 saturated carbocycles. The average Bonchev–Trinajstić information content (AvgIpc) is 2.81. The molecule has 0 fully saturated rings. The van der Waals surface area contributed by atoms with Gasteiger partial charge in [0, 0.05) is 37.3 Å². The number of hydrogen-bond acceptors (Lipinski definition) is 4. The van der Waals surface area contributed by atoms with E-state index < -0.39 is 17.6 Å². The maximum Gasteiger partial charge on any atom is 0.414 e. The Morgan fingerprint density at radius 3 is 2.84 bits per heavy atom. The van der Waals surface area contributed by atoms with Gasteiger partial charge in [0.15, 0.2) is 0 Å². The largest absolute Gasteiger partial charge is 0.443 e. The second-order valence-corrected chi connectivity index (χ2v) is 7.61. The molecule has 1 aromatic heterocycles. The van der Waals surface area contributed by atoms with E-state index >= 15 is 0 Å². The number of aromatic nitrogens is 2. The summed E-state index contributed by atoms with van der Waals surface area (Å²) in [5, 5.41) is 13.6. The summed E-state index contributed by atoms with van der Waals surface area (Å²) < 4.78 is 36.0. The van der Waals surface area contributed by atoms with Crippen LogP contribution in [-0.2, 0) is 23.7 Å². The first kappa shape index (κ1) is 17.8. The molecule has 0 radical (unpaired) electrons. The maximum atomic E-state index is 14.7. The van der Waals surface area contributed by atoms with Crippen molar-refractivity contribution in [2.45, 2.75) is 58.2 Å². The molecule has 0 aromatic carbocycles. The first-order chi connectivity index (χ1) is 11.6. The van der Waals surface area contributed by atoms with Crippen LogP contribution in [0.5, 0.6) is 0 Å². The van der Waals surface area contributed by atoms with E-state index in [1.54, 1.807) is 26.8 Å². The van der Waals surface area contributed by atoms with Crippen LogP contribution >= 0.6 is 0 Å². The fourth-order valence-corrected chi connectivity index (χ4v) is 3.17. The number of amides is 1. The second-order valence-electron chi connectivity index (χ2n) is 7.61. The van der Waals surface area contributed by atoms with Gasteiger partial charge in [0.25, 0.3) is 5.92 Å². The van der Waals surface area contributed by atoms with Crippen molar-refractivity contribution in [3.63, 3.8) is 0 Å². The molecule has 0 spiro atoms. The van der Waals surface area contributed by atoms with Crippen molar-refractivity contribution in [3.8, 4) is 0 Å². The van der Waals surface area contributed by atoms with E-state index in [-0.39, 0.29) is 44.1 Å². The van der Waals surface area contributed by atoms with Crippen molar-refractivity contribution < 1.29 is 23.4 Å². The number of carbonyl (C=O) groups is 1. The summed E-state index contributed by atoms with van der Waals surface area (Å²) >= 11 is 0. The quantitative estimate of drug-likeness (QED) is 0.841. The lowest BCUT2D eigenvalue weighted by molar-refractivity contribution is -0.0228. The van der Waals surface area contributed by atoms with Crippen LogP contribution in [0.15, 0.2) is 6.20 Å². The average molecular weight is 355 g/mol. The standard InChI is InChI=1S/C17H23F2N3O3/c1-16(2,3)25-15(24)21-7-5-13-12(9-21)14-17(18,19)6-4-11(10-23)8-22(14)20-13/h5,7,11,23H,4,6,8-10H2,1-3H3. The Hall–Kier alpha value is -1.96. The van der Waals surface area contributed by atoms with Crippen LogP contribution in [0.25, 0.3) is 6.08 Å². The normalized spacial score (nSPS) is 22.2. The van der Waals surface area contributed by atoms with E-state index in [1.165, 1.54) is 15.8 Å². The number of ether oxygens (including phenoxy) is 1. The van der Waals surface area contributed by atoms with Gasteiger partial charge < -0.3 is 9.84 Å². The first-order valence-corrected chi connectivity index (χ1v) is 8.37. The van der Waals surface area contributed by atoms with E-state index in [4.69, 9.17) is 4.74 Å². The van der Waals surface area contributed by atoms with Crippen molar-refractivity contribution >= 4 is 12.2 Å². The Morgan fingerprint density at radius 2 is 2.20 bits per heavy atom. The smallest absolute Gasteiger partial charge is 0.414 e. The molecule has 0 aliphatic carbocycles. The van der Waals surface area contributed by atoms with Crippen molar-refractivity contribution in [1.82, 2.24) is 14.7 Å². The fourth-order valence-electron chi connectivity index (χ4n) is 3.17. The van der Waals surface area contributed by atoms with E-state index in [2.05, 4.69) is 5.10 Å². The molecule has 1 unspecified atom stereocenters. The lowest BCUT2D eigenvalue weighted by Gasteiger charge is -2.27. The fraction of sp³-hybridized carbons (Fsp3) is 0.647. The number of rotatable bonds is 1. The molecule has 1 amide bonds. The Labute approximate surface area is 145 Å². The van der Waals surface area contributed by atoms with Gasteiger partial charge in [0.05, 0.1) is 12.2 Å². The van der Waals surface area contributed by atoms with Crippen molar-refractivity contribution in [2.24, 2.45) is 5.92 Å². The van der Waals surface area contributed by atoms with E-state index in [0.29, 0.717) is 11.3 Å². The summed E-state index contributed by atoms with van der Waals surface area (Å²) in [6.07, 6.45) is 2.36. The molecule has 2 aliphatic heterocycles. The van der Waals surface area contributed by atoms with Gasteiger partial charge in [-0.25, -0.2) is 4.79 Å². The number of nitrogens with zero attached hydrogens (tertiary/aromatic N) is 3. The third-order valence-electron chi connectivity index (χ3n) is 4.35. The van der Waals surface area contributed by atoms with E-state index in [9.17, 15) is 18.7 Å². The molecule has 1 N–H and O–H groups in total. The molecule has 0 saturated heterocycles. The highest BCUT2D eigenvalue weighted by Crippen LogP contribution is 2.41. The Morgan fingerprint density at radius 1 is 1.48 bits per heavy atom. The Kier molecular flexibility index (Phi) is 4.35. The zero-order chi connectivity index (χ0) is 18.4. The zero-order valence-corrected chi connectivity index (χ0v) is 14.6. The Balaban J connectivity index is 1.93. The third-order valence-corrected chi connectivity index (χ3v) is 4.35. The van der Waals surface area contributed by atoms with Gasteiger partial charge in [-0.05, 0) is 33.3 Å². The molecule has 0 bridgehead atoms. The maximum absolute atomic E-state index is 14.7. The predicted octanol–water partition coefficient (Wildman–Crippen LogP) is 3.10. The van der Waals surface area contributed by atoms with E-state index in [0.717, 1.165) is 0 Å². The zero-order valence-electron chi connectivity index (χ0n) is 14.6. The van der Waals surface area contributed by atoms with Crippen LogP contribution in [0.1, 0.15) is 50.6 Å². The minimum atomic E-state index is -3.05. The summed E-state index contributed by atoms with van der Waals surface area (Å²) in [6.45, 7) is 5.33. The molecule has 25 heavy (non-hydrogen) atoms. The minimum absolute atomic E-state index is 0.00450. The number of halogens is 2. The molecular weight excluding hydrogens is 332 g/mol. The van der Waals surface area contributed by atoms with Gasteiger partial charge in [0.2, 0.25) is 0 Å². The first-order valence-electron chi connectivity index (χ1n) is 8.37. The molecule has 2 aliphatic rings. The van der Waals surface area contributed by atoms with Crippen molar-refractivity contribution in [3.05, 3.63) is 23.2 Å². The van der Waals surface area contributed by atoms with Gasteiger partial charge in [-0.2, -0.15) is 13.9 Å². The lowest BCUT2D eigenvalue weighted by Crippen LogP contribution is -2.34. The monoisotopic (exact) mass is 355 g/mol. The third kappa shape index (κ3) is 3.53. The molecule has 3 rings (SSSR count). The van der Waals surface area contributed by atoms with Gasteiger partial charge in [-0.3, -0.25) is 9.58 Å². The van der Waals surface area contributed by atoms with Gasteiger partial charge in [0.1, 0.15) is 11.3 Å². The van der Waals surface area contributed by atoms with E-state index in [1.807, 2.05) is 0 Å². The highest BCUT2D eigenvalue weighted by atomic mass is 19.3. The summed E-state index contributed by atoms with van der Waals surface area (Å²) in [7, 11) is 0. The van der Waals surface area contributed by atoms with Crippen LogP contribution in [0, 0.1) is 5.92 Å². The van der Waals surface area contributed by atoms with Gasteiger partial charge in [-0.15, -0.1) is 0 Å². The Bertz CT molecular complexity index is 707. The summed E-state index contributed by atoms with van der Waals surface area (Å²) in [6, 6.07) is 0. The summed E-state index contributed by atoms with van der Waals surface area (Å²) in [5.74, 6) is -3.30. The highest BCUT2D eigenvalue weighted by Gasteiger charge is 2.43. The number of aliphatic hydroxyl groups excluding tert-OH is 1. The molecule has 138 valence electrons. The molecule has 3 heterocycles. The van der Waals surface area contributed by atoms with Gasteiger partial charge in [-0.1, -0.05) is 0 Å². The van der Waals surface area contributed by atoms with Crippen LogP contribution in [-0.4, -0.2) is 38.1 Å². The van der Waals surface area contributed by atoms with Crippen molar-refractivity contribution in [1.29, 1.82) is 0 Å².